The van der Waals surface area contributed by atoms with Gasteiger partial charge in [-0.05, 0) is 35.9 Å². The van der Waals surface area contributed by atoms with E-state index in [0.717, 1.165) is 18.5 Å². The van der Waals surface area contributed by atoms with Gasteiger partial charge in [0.05, 0.1) is 0 Å². The Labute approximate surface area is 114 Å². The monoisotopic (exact) mass is 290 g/mol. The topological polar surface area (TPSA) is 58.2 Å². The van der Waals surface area contributed by atoms with Gasteiger partial charge in [-0.2, -0.15) is 0 Å². The van der Waals surface area contributed by atoms with Gasteiger partial charge >= 0.3 is 0 Å². The molecule has 1 rings (SSSR count). The molecule has 4 nitrogen and oxygen atoms in total. The van der Waals surface area contributed by atoms with Crippen LogP contribution in [0.3, 0.4) is 0 Å². The Bertz CT molecular complexity index is 452. The maximum Gasteiger partial charge on any atom is 0.250 e. The fourth-order valence-corrected chi connectivity index (χ4v) is 3.71. The molecular weight excluding hydrogens is 268 g/mol. The molecule has 0 aromatic carbocycles. The molecule has 0 aliphatic rings. The van der Waals surface area contributed by atoms with Crippen molar-refractivity contribution in [2.24, 2.45) is 5.92 Å². The van der Waals surface area contributed by atoms with Crippen LogP contribution in [0.4, 0.5) is 0 Å². The molecule has 0 saturated heterocycles. The van der Waals surface area contributed by atoms with E-state index in [1.54, 1.807) is 6.07 Å². The van der Waals surface area contributed by atoms with Crippen LogP contribution >= 0.6 is 11.3 Å². The molecule has 1 aromatic rings. The SMILES string of the molecule is CCNCc1csc(S(=O)(=O)NCCC(C)C)c1. The minimum atomic E-state index is -3.32. The van der Waals surface area contributed by atoms with Crippen LogP contribution in [0.5, 0.6) is 0 Å². The third-order valence-electron chi connectivity index (χ3n) is 2.49. The Balaban J connectivity index is 2.58. The smallest absolute Gasteiger partial charge is 0.250 e. The van der Waals surface area contributed by atoms with Crippen LogP contribution in [0.2, 0.25) is 0 Å². The zero-order chi connectivity index (χ0) is 13.6. The molecule has 0 radical (unpaired) electrons. The molecule has 2 N–H and O–H groups in total. The second kappa shape index (κ2) is 7.23. The van der Waals surface area contributed by atoms with Crippen molar-refractivity contribution in [2.75, 3.05) is 13.1 Å². The normalized spacial score (nSPS) is 12.2. The van der Waals surface area contributed by atoms with Crippen molar-refractivity contribution in [1.82, 2.24) is 10.0 Å². The van der Waals surface area contributed by atoms with Gasteiger partial charge in [-0.1, -0.05) is 20.8 Å². The van der Waals surface area contributed by atoms with E-state index in [0.29, 0.717) is 23.2 Å². The first-order valence-corrected chi connectivity index (χ1v) is 8.59. The summed E-state index contributed by atoms with van der Waals surface area (Å²) in [5.74, 6) is 0.500. The lowest BCUT2D eigenvalue weighted by atomic mass is 10.1. The molecule has 0 unspecified atom stereocenters. The number of hydrogen-bond acceptors (Lipinski definition) is 4. The third kappa shape index (κ3) is 5.06. The van der Waals surface area contributed by atoms with Crippen LogP contribution in [0.15, 0.2) is 15.7 Å². The highest BCUT2D eigenvalue weighted by Crippen LogP contribution is 2.20. The quantitative estimate of drug-likeness (QED) is 0.771. The summed E-state index contributed by atoms with van der Waals surface area (Å²) in [7, 11) is -3.32. The number of sulfonamides is 1. The zero-order valence-corrected chi connectivity index (χ0v) is 12.8. The standard InChI is InChI=1S/C12H22N2O2S2/c1-4-13-8-11-7-12(17-9-11)18(15,16)14-6-5-10(2)3/h7,9-10,13-14H,4-6,8H2,1-3H3. The first-order chi connectivity index (χ1) is 8.45. The Hall–Kier alpha value is -0.430. The number of hydrogen-bond donors (Lipinski definition) is 2. The molecule has 0 atom stereocenters. The summed E-state index contributed by atoms with van der Waals surface area (Å²) in [4.78, 5) is 0. The first-order valence-electron chi connectivity index (χ1n) is 6.23. The average molecular weight is 290 g/mol. The Kier molecular flexibility index (Phi) is 6.28. The van der Waals surface area contributed by atoms with Crippen LogP contribution in [-0.4, -0.2) is 21.5 Å². The van der Waals surface area contributed by atoms with Crippen LogP contribution in [0.25, 0.3) is 0 Å². The van der Waals surface area contributed by atoms with Crippen molar-refractivity contribution in [3.8, 4) is 0 Å². The molecule has 104 valence electrons. The van der Waals surface area contributed by atoms with E-state index in [1.807, 2.05) is 12.3 Å². The molecule has 0 aliphatic carbocycles. The second-order valence-electron chi connectivity index (χ2n) is 4.63. The molecule has 0 bridgehead atoms. The van der Waals surface area contributed by atoms with Crippen molar-refractivity contribution in [3.63, 3.8) is 0 Å². The lowest BCUT2D eigenvalue weighted by molar-refractivity contribution is 0.553. The fraction of sp³-hybridized carbons (Fsp3) is 0.667. The molecule has 0 fully saturated rings. The van der Waals surface area contributed by atoms with Gasteiger partial charge in [-0.3, -0.25) is 0 Å². The molecule has 6 heteroatoms. The molecule has 0 saturated carbocycles. The summed E-state index contributed by atoms with van der Waals surface area (Å²) < 4.78 is 27.0. The summed E-state index contributed by atoms with van der Waals surface area (Å²) in [6, 6.07) is 1.74. The first kappa shape index (κ1) is 15.6. The average Bonchev–Trinajstić information content (AvgIpc) is 2.74. The summed E-state index contributed by atoms with van der Waals surface area (Å²) in [6.07, 6.45) is 0.856. The molecule has 0 amide bonds. The minimum absolute atomic E-state index is 0.402. The van der Waals surface area contributed by atoms with E-state index in [2.05, 4.69) is 23.9 Å². The van der Waals surface area contributed by atoms with Gasteiger partial charge in [-0.25, -0.2) is 13.1 Å². The lowest BCUT2D eigenvalue weighted by Gasteiger charge is -2.06. The Morgan fingerprint density at radius 2 is 2.11 bits per heavy atom. The summed E-state index contributed by atoms with van der Waals surface area (Å²) >= 11 is 1.28. The Morgan fingerprint density at radius 3 is 2.72 bits per heavy atom. The maximum atomic E-state index is 12.0. The summed E-state index contributed by atoms with van der Waals surface area (Å²) in [5.41, 5.74) is 1.02. The minimum Gasteiger partial charge on any atom is -0.313 e. The van der Waals surface area contributed by atoms with Gasteiger partial charge in [0.25, 0.3) is 0 Å². The predicted octanol–water partition coefficient (Wildman–Crippen LogP) is 2.18. The van der Waals surface area contributed by atoms with Crippen LogP contribution in [0.1, 0.15) is 32.8 Å². The molecule has 1 aromatic heterocycles. The third-order valence-corrected chi connectivity index (χ3v) is 5.44. The number of thiophene rings is 1. The van der Waals surface area contributed by atoms with E-state index in [-0.39, 0.29) is 0 Å². The van der Waals surface area contributed by atoms with Crippen LogP contribution in [-0.2, 0) is 16.6 Å². The Morgan fingerprint density at radius 1 is 1.39 bits per heavy atom. The van der Waals surface area contributed by atoms with Crippen molar-refractivity contribution in [2.45, 2.75) is 37.9 Å². The van der Waals surface area contributed by atoms with Crippen LogP contribution in [0, 0.1) is 5.92 Å². The highest BCUT2D eigenvalue weighted by atomic mass is 32.2. The van der Waals surface area contributed by atoms with Gasteiger partial charge in [0.2, 0.25) is 10.0 Å². The predicted molar refractivity (Wildman–Crippen MR) is 76.3 cm³/mol. The molecule has 18 heavy (non-hydrogen) atoms. The molecule has 1 heterocycles. The van der Waals surface area contributed by atoms with Gasteiger partial charge in [-0.15, -0.1) is 11.3 Å². The van der Waals surface area contributed by atoms with E-state index in [4.69, 9.17) is 0 Å². The van der Waals surface area contributed by atoms with Crippen molar-refractivity contribution < 1.29 is 8.42 Å². The van der Waals surface area contributed by atoms with Gasteiger partial charge in [0, 0.05) is 13.1 Å². The van der Waals surface area contributed by atoms with Crippen molar-refractivity contribution >= 4 is 21.4 Å². The molecule has 0 spiro atoms. The highest BCUT2D eigenvalue weighted by molar-refractivity contribution is 7.91. The summed E-state index contributed by atoms with van der Waals surface area (Å²) in [5, 5.41) is 5.07. The molecular formula is C12H22N2O2S2. The van der Waals surface area contributed by atoms with E-state index >= 15 is 0 Å². The van der Waals surface area contributed by atoms with Crippen LogP contribution < -0.4 is 10.0 Å². The highest BCUT2D eigenvalue weighted by Gasteiger charge is 2.16. The van der Waals surface area contributed by atoms with E-state index in [9.17, 15) is 8.42 Å². The zero-order valence-electron chi connectivity index (χ0n) is 11.2. The number of nitrogens with one attached hydrogen (secondary N) is 2. The lowest BCUT2D eigenvalue weighted by Crippen LogP contribution is -2.24. The van der Waals surface area contributed by atoms with Gasteiger partial charge in [0.15, 0.2) is 0 Å². The molecule has 0 aliphatic heterocycles. The second-order valence-corrected chi connectivity index (χ2v) is 7.54. The van der Waals surface area contributed by atoms with E-state index in [1.165, 1.54) is 11.3 Å². The van der Waals surface area contributed by atoms with Crippen molar-refractivity contribution in [3.05, 3.63) is 17.0 Å². The summed E-state index contributed by atoms with van der Waals surface area (Å²) in [6.45, 7) is 8.28. The fourth-order valence-electron chi connectivity index (χ4n) is 1.41. The van der Waals surface area contributed by atoms with Gasteiger partial charge < -0.3 is 5.32 Å². The maximum absolute atomic E-state index is 12.0. The number of rotatable bonds is 8. The van der Waals surface area contributed by atoms with Crippen molar-refractivity contribution in [1.29, 1.82) is 0 Å². The van der Waals surface area contributed by atoms with Gasteiger partial charge in [0.1, 0.15) is 4.21 Å². The largest absolute Gasteiger partial charge is 0.313 e. The van der Waals surface area contributed by atoms with E-state index < -0.39 is 10.0 Å².